The van der Waals surface area contributed by atoms with E-state index in [2.05, 4.69) is 26.4 Å². The molecule has 0 radical (unpaired) electrons. The molecule has 1 N–H and O–H groups in total. The Morgan fingerprint density at radius 2 is 2.09 bits per heavy atom. The van der Waals surface area contributed by atoms with Crippen molar-refractivity contribution in [1.29, 1.82) is 0 Å². The van der Waals surface area contributed by atoms with Crippen LogP contribution in [0.5, 0.6) is 0 Å². The van der Waals surface area contributed by atoms with Gasteiger partial charge in [0.15, 0.2) is 5.76 Å². The molecule has 0 bridgehead atoms. The molecule has 3 rings (SSSR count). The van der Waals surface area contributed by atoms with Gasteiger partial charge >= 0.3 is 6.09 Å². The minimum atomic E-state index is -0.464. The van der Waals surface area contributed by atoms with Crippen LogP contribution in [0.15, 0.2) is 33.3 Å². The van der Waals surface area contributed by atoms with Crippen LogP contribution in [0.2, 0.25) is 0 Å². The van der Waals surface area contributed by atoms with Crippen LogP contribution in [0.4, 0.5) is 10.5 Å². The van der Waals surface area contributed by atoms with E-state index >= 15 is 0 Å². The molecule has 2 aromatic rings. The first kappa shape index (κ1) is 16.1. The van der Waals surface area contributed by atoms with Gasteiger partial charge in [0.25, 0.3) is 0 Å². The number of rotatable bonds is 4. The van der Waals surface area contributed by atoms with Crippen molar-refractivity contribution < 1.29 is 14.1 Å². The third kappa shape index (κ3) is 3.58. The Labute approximate surface area is 143 Å². The predicted octanol–water partition coefficient (Wildman–Crippen LogP) is 5.15. The summed E-state index contributed by atoms with van der Waals surface area (Å²) in [7, 11) is 0. The van der Waals surface area contributed by atoms with Crippen molar-refractivity contribution >= 4 is 27.7 Å². The number of amides is 1. The molecule has 1 fully saturated rings. The molecule has 1 aromatic carbocycles. The van der Waals surface area contributed by atoms with Gasteiger partial charge in [0, 0.05) is 10.0 Å². The van der Waals surface area contributed by atoms with Gasteiger partial charge in [-0.15, -0.1) is 0 Å². The highest BCUT2D eigenvalue weighted by Crippen LogP contribution is 2.33. The number of carbonyl (C=O) groups excluding carboxylic acids is 1. The van der Waals surface area contributed by atoms with E-state index in [1.54, 1.807) is 6.92 Å². The van der Waals surface area contributed by atoms with Crippen molar-refractivity contribution in [3.63, 3.8) is 0 Å². The second-order valence-electron chi connectivity index (χ2n) is 5.91. The molecule has 1 amide bonds. The molecule has 23 heavy (non-hydrogen) atoms. The summed E-state index contributed by atoms with van der Waals surface area (Å²) in [5.74, 6) is 1.01. The lowest BCUT2D eigenvalue weighted by Crippen LogP contribution is -2.30. The normalized spacial score (nSPS) is 15.8. The molecule has 0 unspecified atom stereocenters. The van der Waals surface area contributed by atoms with Gasteiger partial charge < -0.3 is 9.26 Å². The maximum absolute atomic E-state index is 12.1. The second kappa shape index (κ2) is 6.74. The minimum absolute atomic E-state index is 0.0694. The number of nitrogens with zero attached hydrogens (tertiary/aromatic N) is 1. The zero-order chi connectivity index (χ0) is 16.4. The maximum atomic E-state index is 12.1. The van der Waals surface area contributed by atoms with Crippen LogP contribution in [-0.2, 0) is 4.74 Å². The van der Waals surface area contributed by atoms with E-state index in [0.29, 0.717) is 23.1 Å². The van der Waals surface area contributed by atoms with E-state index in [4.69, 9.17) is 9.26 Å². The number of hydrogen-bond donors (Lipinski definition) is 1. The van der Waals surface area contributed by atoms with Crippen molar-refractivity contribution in [3.8, 4) is 11.3 Å². The molecule has 1 atom stereocenters. The first-order chi connectivity index (χ1) is 11.0. The highest BCUT2D eigenvalue weighted by Gasteiger charge is 2.27. The number of carbonyl (C=O) groups is 1. The van der Waals surface area contributed by atoms with Gasteiger partial charge in [-0.05, 0) is 56.9 Å². The Bertz CT molecular complexity index is 692. The van der Waals surface area contributed by atoms with Gasteiger partial charge in [0.1, 0.15) is 17.5 Å². The van der Waals surface area contributed by atoms with Crippen molar-refractivity contribution in [2.24, 2.45) is 5.92 Å². The van der Waals surface area contributed by atoms with Crippen molar-refractivity contribution in [1.82, 2.24) is 5.16 Å². The Kier molecular flexibility index (Phi) is 4.71. The monoisotopic (exact) mass is 378 g/mol. The van der Waals surface area contributed by atoms with E-state index in [0.717, 1.165) is 22.9 Å². The molecular formula is C17H19BrN2O3. The quantitative estimate of drug-likeness (QED) is 0.798. The SMILES string of the molecule is Cc1noc(-c2ccc(Br)cc2)c1NC(=O)O[C@H](C)C1CCC1. The van der Waals surface area contributed by atoms with Crippen LogP contribution in [0, 0.1) is 12.8 Å². The molecule has 1 aromatic heterocycles. The first-order valence-corrected chi connectivity index (χ1v) is 8.53. The summed E-state index contributed by atoms with van der Waals surface area (Å²) >= 11 is 3.40. The van der Waals surface area contributed by atoms with Crippen molar-refractivity contribution in [2.45, 2.75) is 39.2 Å². The number of ether oxygens (including phenoxy) is 1. The molecule has 1 aliphatic rings. The lowest BCUT2D eigenvalue weighted by atomic mass is 9.82. The number of halogens is 1. The highest BCUT2D eigenvalue weighted by molar-refractivity contribution is 9.10. The summed E-state index contributed by atoms with van der Waals surface area (Å²) in [6, 6.07) is 7.62. The highest BCUT2D eigenvalue weighted by atomic mass is 79.9. The largest absolute Gasteiger partial charge is 0.446 e. The number of benzene rings is 1. The molecule has 1 saturated carbocycles. The van der Waals surface area contributed by atoms with Gasteiger partial charge in [0.05, 0.1) is 0 Å². The number of aryl methyl sites for hydroxylation is 1. The van der Waals surface area contributed by atoms with Crippen LogP contribution in [0.25, 0.3) is 11.3 Å². The fourth-order valence-corrected chi connectivity index (χ4v) is 2.89. The molecule has 1 aliphatic carbocycles. The van der Waals surface area contributed by atoms with E-state index in [9.17, 15) is 4.79 Å². The molecule has 1 heterocycles. The summed E-state index contributed by atoms with van der Waals surface area (Å²) < 4.78 is 11.8. The molecule has 6 heteroatoms. The summed E-state index contributed by atoms with van der Waals surface area (Å²) in [6.07, 6.45) is 2.95. The fourth-order valence-electron chi connectivity index (χ4n) is 2.62. The van der Waals surface area contributed by atoms with Gasteiger partial charge in [-0.2, -0.15) is 0 Å². The zero-order valence-corrected chi connectivity index (χ0v) is 14.7. The first-order valence-electron chi connectivity index (χ1n) is 7.74. The van der Waals surface area contributed by atoms with E-state index in [-0.39, 0.29) is 6.10 Å². The minimum Gasteiger partial charge on any atom is -0.446 e. The van der Waals surface area contributed by atoms with Crippen LogP contribution >= 0.6 is 15.9 Å². The number of nitrogens with one attached hydrogen (secondary N) is 1. The lowest BCUT2D eigenvalue weighted by Gasteiger charge is -2.30. The number of anilines is 1. The van der Waals surface area contributed by atoms with Gasteiger partial charge in [0.2, 0.25) is 0 Å². The Balaban J connectivity index is 1.73. The van der Waals surface area contributed by atoms with Crippen LogP contribution in [-0.4, -0.2) is 17.4 Å². The summed E-state index contributed by atoms with van der Waals surface area (Å²) in [5, 5.41) is 6.73. The summed E-state index contributed by atoms with van der Waals surface area (Å²) in [5.41, 5.74) is 2.02. The number of aromatic nitrogens is 1. The Morgan fingerprint density at radius 1 is 1.39 bits per heavy atom. The predicted molar refractivity (Wildman–Crippen MR) is 91.3 cm³/mol. The molecule has 122 valence electrons. The summed E-state index contributed by atoms with van der Waals surface area (Å²) in [4.78, 5) is 12.1. The van der Waals surface area contributed by atoms with Crippen LogP contribution in [0.3, 0.4) is 0 Å². The fraction of sp³-hybridized carbons (Fsp3) is 0.412. The van der Waals surface area contributed by atoms with E-state index in [1.165, 1.54) is 6.42 Å². The Morgan fingerprint density at radius 3 is 2.70 bits per heavy atom. The van der Waals surface area contributed by atoms with Gasteiger partial charge in [-0.3, -0.25) is 5.32 Å². The standard InChI is InChI=1S/C17H19BrN2O3/c1-10-15(19-17(21)22-11(2)12-4-3-5-12)16(23-20-10)13-6-8-14(18)9-7-13/h6-9,11-12H,3-5H2,1-2H3,(H,19,21)/t11-/m1/s1. The van der Waals surface area contributed by atoms with Crippen molar-refractivity contribution in [3.05, 3.63) is 34.4 Å². The lowest BCUT2D eigenvalue weighted by molar-refractivity contribution is 0.0531. The van der Waals surface area contributed by atoms with E-state index in [1.807, 2.05) is 31.2 Å². The average Bonchev–Trinajstić information content (AvgIpc) is 2.79. The number of hydrogen-bond acceptors (Lipinski definition) is 4. The average molecular weight is 379 g/mol. The Hall–Kier alpha value is -1.82. The molecular weight excluding hydrogens is 360 g/mol. The molecule has 0 spiro atoms. The second-order valence-corrected chi connectivity index (χ2v) is 6.82. The topological polar surface area (TPSA) is 64.4 Å². The molecule has 0 aliphatic heterocycles. The maximum Gasteiger partial charge on any atom is 0.412 e. The smallest absolute Gasteiger partial charge is 0.412 e. The van der Waals surface area contributed by atoms with E-state index < -0.39 is 6.09 Å². The van der Waals surface area contributed by atoms with Crippen LogP contribution < -0.4 is 5.32 Å². The summed E-state index contributed by atoms with van der Waals surface area (Å²) in [6.45, 7) is 3.73. The zero-order valence-electron chi connectivity index (χ0n) is 13.1. The van der Waals surface area contributed by atoms with Gasteiger partial charge in [-0.1, -0.05) is 27.5 Å². The van der Waals surface area contributed by atoms with Gasteiger partial charge in [-0.25, -0.2) is 4.79 Å². The molecule has 5 nitrogen and oxygen atoms in total. The molecule has 0 saturated heterocycles. The van der Waals surface area contributed by atoms with Crippen LogP contribution in [0.1, 0.15) is 31.9 Å². The third-order valence-corrected chi connectivity index (χ3v) is 4.83. The third-order valence-electron chi connectivity index (χ3n) is 4.30. The van der Waals surface area contributed by atoms with Crippen molar-refractivity contribution in [2.75, 3.05) is 5.32 Å².